The molecule has 4 heterocycles. The Morgan fingerprint density at radius 3 is 2.34 bits per heavy atom. The number of benzene rings is 2. The third kappa shape index (κ3) is 5.87. The second-order valence-corrected chi connectivity index (χ2v) is 10.4. The van der Waals surface area contributed by atoms with Gasteiger partial charge in [-0.1, -0.05) is 41.8 Å². The number of amides is 1. The normalized spacial score (nSPS) is 14.5. The summed E-state index contributed by atoms with van der Waals surface area (Å²) in [4.78, 5) is 30.4. The Kier molecular flexibility index (Phi) is 7.29. The van der Waals surface area contributed by atoms with Crippen LogP contribution in [-0.4, -0.2) is 74.9 Å². The number of fused-ring (bicyclic) bond motifs is 2. The summed E-state index contributed by atoms with van der Waals surface area (Å²) in [6.45, 7) is 2.33. The lowest BCUT2D eigenvalue weighted by atomic mass is 10.2. The van der Waals surface area contributed by atoms with Crippen LogP contribution in [0.25, 0.3) is 27.9 Å². The number of nitrogens with zero attached hydrogens (tertiary/aromatic N) is 9. The molecule has 1 aliphatic carbocycles. The van der Waals surface area contributed by atoms with Crippen molar-refractivity contribution in [2.45, 2.75) is 25.8 Å². The number of carbonyl (C=O) groups excluding carboxylic acids is 1. The number of phenols is 1. The van der Waals surface area contributed by atoms with Crippen molar-refractivity contribution in [2.75, 3.05) is 36.0 Å². The van der Waals surface area contributed by atoms with Crippen molar-refractivity contribution >= 4 is 50.1 Å². The van der Waals surface area contributed by atoms with Gasteiger partial charge >= 0.3 is 10.5 Å². The summed E-state index contributed by atoms with van der Waals surface area (Å²) in [6, 6.07) is 14.8. The van der Waals surface area contributed by atoms with E-state index in [-0.39, 0.29) is 12.3 Å². The number of phenolic OH excluding ortho intramolecular Hbond substituents is 1. The van der Waals surface area contributed by atoms with E-state index in [1.54, 1.807) is 23.0 Å². The molecule has 13 nitrogen and oxygen atoms in total. The Morgan fingerprint density at radius 1 is 0.927 bits per heavy atom. The number of para-hydroxylation sites is 1. The summed E-state index contributed by atoms with van der Waals surface area (Å²) >= 11 is 0. The zero-order chi connectivity index (χ0) is 28.3. The fourth-order valence-electron chi connectivity index (χ4n) is 4.55. The number of rotatable bonds is 5. The first-order chi connectivity index (χ1) is 20.0. The number of hydrogen-bond donors (Lipinski definition) is 1. The first-order valence-corrected chi connectivity index (χ1v) is 14.3. The van der Waals surface area contributed by atoms with E-state index >= 15 is 0 Å². The van der Waals surface area contributed by atoms with Crippen molar-refractivity contribution in [3.63, 3.8) is 0 Å². The van der Waals surface area contributed by atoms with Gasteiger partial charge in [0, 0.05) is 37.3 Å². The predicted octanol–water partition coefficient (Wildman–Crippen LogP) is 2.96. The van der Waals surface area contributed by atoms with E-state index in [0.29, 0.717) is 49.1 Å². The number of aromatic hydroxyl groups is 1. The molecule has 2 aromatic carbocycles. The minimum Gasteiger partial charge on any atom is -0.508 e. The van der Waals surface area contributed by atoms with Gasteiger partial charge in [-0.3, -0.25) is 4.79 Å². The van der Waals surface area contributed by atoms with Crippen LogP contribution in [0, 0.1) is 0 Å². The Morgan fingerprint density at radius 2 is 1.63 bits per heavy atom. The number of hydrogen-bond acceptors (Lipinski definition) is 10. The Hall–Kier alpha value is -4.85. The minimum absolute atomic E-state index is 0.220. The van der Waals surface area contributed by atoms with Crippen LogP contribution in [0.3, 0.4) is 0 Å². The van der Waals surface area contributed by atoms with E-state index in [4.69, 9.17) is 9.97 Å². The van der Waals surface area contributed by atoms with Gasteiger partial charge in [-0.2, -0.15) is 23.5 Å². The number of imidazole rings is 1. The van der Waals surface area contributed by atoms with Crippen LogP contribution in [0.5, 0.6) is 5.75 Å². The molecule has 41 heavy (non-hydrogen) atoms. The van der Waals surface area contributed by atoms with Crippen molar-refractivity contribution in [2.24, 2.45) is 4.36 Å². The lowest BCUT2D eigenvalue weighted by Gasteiger charge is -2.36. The molecule has 7 rings (SSSR count). The van der Waals surface area contributed by atoms with Crippen LogP contribution in [0.2, 0.25) is 0 Å². The summed E-state index contributed by atoms with van der Waals surface area (Å²) in [6.07, 6.45) is 7.66. The molecule has 0 spiro atoms. The van der Waals surface area contributed by atoms with E-state index in [0.717, 1.165) is 16.6 Å². The van der Waals surface area contributed by atoms with Crippen molar-refractivity contribution in [1.82, 2.24) is 29.3 Å². The molecule has 1 saturated heterocycles. The van der Waals surface area contributed by atoms with Crippen molar-refractivity contribution < 1.29 is 18.3 Å². The van der Waals surface area contributed by atoms with E-state index in [1.807, 2.05) is 41.3 Å². The van der Waals surface area contributed by atoms with E-state index in [2.05, 4.69) is 19.3 Å². The highest BCUT2D eigenvalue weighted by Crippen LogP contribution is 2.27. The summed E-state index contributed by atoms with van der Waals surface area (Å²) in [5.41, 5.74) is 2.63. The van der Waals surface area contributed by atoms with E-state index in [9.17, 15) is 18.3 Å². The van der Waals surface area contributed by atoms with Gasteiger partial charge in [0.25, 0.3) is 5.91 Å². The molecule has 0 atom stereocenters. The molecule has 2 aliphatic rings. The molecular weight excluding hydrogens is 546 g/mol. The zero-order valence-corrected chi connectivity index (χ0v) is 22.9. The van der Waals surface area contributed by atoms with Crippen molar-refractivity contribution in [3.8, 4) is 11.6 Å². The van der Waals surface area contributed by atoms with Crippen LogP contribution in [0.15, 0.2) is 65.4 Å². The van der Waals surface area contributed by atoms with Gasteiger partial charge in [-0.15, -0.1) is 0 Å². The molecule has 2 fully saturated rings. The second kappa shape index (κ2) is 11.3. The molecule has 0 bridgehead atoms. The topological polar surface area (TPSA) is 152 Å². The third-order valence-electron chi connectivity index (χ3n) is 6.72. The average molecular weight is 574 g/mol. The molecule has 1 saturated carbocycles. The SMILES string of the molecule is C1CC1.O=C(Cn1cnc2c(-n3ncc4ccccc43)nc(N3CCN(c4ccc(O)cc4)CC3)nc21)N=S(=O)=O. The fraction of sp³-hybridized carbons (Fsp3) is 0.296. The zero-order valence-electron chi connectivity index (χ0n) is 22.0. The maximum absolute atomic E-state index is 12.1. The van der Waals surface area contributed by atoms with Crippen LogP contribution in [0.1, 0.15) is 19.3 Å². The first kappa shape index (κ1) is 26.4. The average Bonchev–Trinajstić information content (AvgIpc) is 3.72. The highest BCUT2D eigenvalue weighted by atomic mass is 32.2. The Balaban J connectivity index is 0.000000947. The fourth-order valence-corrected chi connectivity index (χ4v) is 4.77. The lowest BCUT2D eigenvalue weighted by Crippen LogP contribution is -2.47. The molecule has 3 aromatic heterocycles. The molecule has 5 aromatic rings. The maximum Gasteiger partial charge on any atom is 0.319 e. The van der Waals surface area contributed by atoms with Crippen molar-refractivity contribution in [1.29, 1.82) is 0 Å². The number of anilines is 2. The van der Waals surface area contributed by atoms with Gasteiger partial charge in [-0.05, 0) is 30.3 Å². The van der Waals surface area contributed by atoms with Gasteiger partial charge in [0.1, 0.15) is 12.3 Å². The smallest absolute Gasteiger partial charge is 0.319 e. The Bertz CT molecular complexity index is 1840. The predicted molar refractivity (Wildman–Crippen MR) is 153 cm³/mol. The summed E-state index contributed by atoms with van der Waals surface area (Å²) < 4.78 is 27.9. The second-order valence-electron chi connectivity index (χ2n) is 9.76. The van der Waals surface area contributed by atoms with Crippen LogP contribution >= 0.6 is 0 Å². The maximum atomic E-state index is 12.1. The quantitative estimate of drug-likeness (QED) is 0.332. The summed E-state index contributed by atoms with van der Waals surface area (Å²) in [5, 5.41) is 15.0. The number of aromatic nitrogens is 6. The molecule has 1 aliphatic heterocycles. The molecule has 0 radical (unpaired) electrons. The van der Waals surface area contributed by atoms with Gasteiger partial charge in [0.05, 0.1) is 18.0 Å². The highest BCUT2D eigenvalue weighted by molar-refractivity contribution is 7.62. The van der Waals surface area contributed by atoms with Gasteiger partial charge in [-0.25, -0.2) is 9.67 Å². The molecule has 1 amide bonds. The number of piperazine rings is 1. The third-order valence-corrected chi connectivity index (χ3v) is 7.08. The number of carbonyl (C=O) groups is 1. The van der Waals surface area contributed by atoms with Crippen LogP contribution < -0.4 is 9.80 Å². The van der Waals surface area contributed by atoms with Gasteiger partial charge in [0.2, 0.25) is 5.95 Å². The largest absolute Gasteiger partial charge is 0.508 e. The van der Waals surface area contributed by atoms with E-state index < -0.39 is 16.4 Å². The van der Waals surface area contributed by atoms with Gasteiger partial charge in [0.15, 0.2) is 17.0 Å². The lowest BCUT2D eigenvalue weighted by molar-refractivity contribution is -0.118. The van der Waals surface area contributed by atoms with E-state index in [1.165, 1.54) is 30.2 Å². The Labute approximate surface area is 236 Å². The molecule has 14 heteroatoms. The molecule has 1 N–H and O–H groups in total. The summed E-state index contributed by atoms with van der Waals surface area (Å²) in [7, 11) is -2.85. The molecule has 0 unspecified atom stereocenters. The van der Waals surface area contributed by atoms with Gasteiger partial charge < -0.3 is 19.5 Å². The van der Waals surface area contributed by atoms with Crippen molar-refractivity contribution in [3.05, 3.63) is 61.1 Å². The van der Waals surface area contributed by atoms with Crippen LogP contribution in [0.4, 0.5) is 11.6 Å². The molecule has 210 valence electrons. The monoisotopic (exact) mass is 573 g/mol. The molecular formula is C27H27N9O4S. The first-order valence-electron chi connectivity index (χ1n) is 13.2. The minimum atomic E-state index is -2.85. The van der Waals surface area contributed by atoms with Crippen LogP contribution in [-0.2, 0) is 21.8 Å². The summed E-state index contributed by atoms with van der Waals surface area (Å²) in [5.74, 6) is 0.266. The standard InChI is InChI=1S/C24H21N9O4S.C3H6/c34-18-7-5-17(6-8-18)30-9-11-31(12-10-30)24-27-22-21(25-15-32(22)14-20(35)29-38(36)37)23(28-24)33-19-4-2-1-3-16(19)13-26-33;1-2-3-1/h1-8,13,15,34H,9-12,14H2;1-3H2. The highest BCUT2D eigenvalue weighted by Gasteiger charge is 2.24.